The van der Waals surface area contributed by atoms with Crippen LogP contribution >= 0.6 is 0 Å². The first-order valence-electron chi connectivity index (χ1n) is 6.79. The Labute approximate surface area is 108 Å². The van der Waals surface area contributed by atoms with E-state index in [0.29, 0.717) is 0 Å². The summed E-state index contributed by atoms with van der Waals surface area (Å²) in [6.07, 6.45) is 4.73. The van der Waals surface area contributed by atoms with Crippen LogP contribution in [-0.4, -0.2) is 36.1 Å². The minimum absolute atomic E-state index is 0.814. The van der Waals surface area contributed by atoms with Gasteiger partial charge in [0.05, 0.1) is 0 Å². The number of benzene rings is 1. The number of nitrogens with one attached hydrogen (secondary N) is 2. The van der Waals surface area contributed by atoms with Crippen LogP contribution in [0.3, 0.4) is 0 Å². The Morgan fingerprint density at radius 1 is 1.33 bits per heavy atom. The predicted octanol–water partition coefficient (Wildman–Crippen LogP) is 2.35. The molecular formula is C15H21N3. The first kappa shape index (κ1) is 11.8. The molecule has 2 aromatic rings. The fourth-order valence-electron chi connectivity index (χ4n) is 2.33. The van der Waals surface area contributed by atoms with Crippen LogP contribution in [0.1, 0.15) is 18.4 Å². The Bertz CT molecular complexity index is 513. The van der Waals surface area contributed by atoms with Crippen LogP contribution < -0.4 is 5.32 Å². The van der Waals surface area contributed by atoms with Crippen molar-refractivity contribution in [3.05, 3.63) is 36.0 Å². The Hall–Kier alpha value is -1.32. The van der Waals surface area contributed by atoms with Crippen LogP contribution in [0.15, 0.2) is 30.5 Å². The number of aromatic nitrogens is 1. The van der Waals surface area contributed by atoms with Crippen molar-refractivity contribution in [3.8, 4) is 0 Å². The average molecular weight is 243 g/mol. The van der Waals surface area contributed by atoms with Crippen LogP contribution in [0.4, 0.5) is 0 Å². The lowest BCUT2D eigenvalue weighted by molar-refractivity contribution is 0.324. The van der Waals surface area contributed by atoms with Gasteiger partial charge in [0.2, 0.25) is 0 Å². The maximum atomic E-state index is 3.55. The van der Waals surface area contributed by atoms with E-state index in [1.54, 1.807) is 0 Å². The molecule has 0 unspecified atom stereocenters. The zero-order valence-electron chi connectivity index (χ0n) is 10.9. The maximum absolute atomic E-state index is 3.55. The number of H-pyrrole nitrogens is 1. The largest absolute Gasteiger partial charge is 0.361 e. The van der Waals surface area contributed by atoms with Crippen LogP contribution in [-0.2, 0) is 6.54 Å². The molecule has 18 heavy (non-hydrogen) atoms. The fourth-order valence-corrected chi connectivity index (χ4v) is 2.33. The molecule has 3 heteroatoms. The van der Waals surface area contributed by atoms with Crippen molar-refractivity contribution in [1.29, 1.82) is 0 Å². The number of fused-ring (bicyclic) bond motifs is 1. The van der Waals surface area contributed by atoms with Crippen LogP contribution in [0.25, 0.3) is 10.9 Å². The molecule has 0 atom stereocenters. The standard InChI is InChI=1S/C15H21N3/c1-18(9-8-16-14-4-5-14)11-12-2-3-13-6-7-17-15(13)10-12/h2-3,6-7,10,14,16-17H,4-5,8-9,11H2,1H3. The van der Waals surface area contributed by atoms with E-state index in [9.17, 15) is 0 Å². The summed E-state index contributed by atoms with van der Waals surface area (Å²) in [7, 11) is 2.19. The molecule has 2 N–H and O–H groups in total. The third-order valence-electron chi connectivity index (χ3n) is 3.58. The van der Waals surface area contributed by atoms with E-state index < -0.39 is 0 Å². The lowest BCUT2D eigenvalue weighted by Gasteiger charge is -2.17. The van der Waals surface area contributed by atoms with E-state index in [0.717, 1.165) is 25.7 Å². The lowest BCUT2D eigenvalue weighted by Crippen LogP contribution is -2.30. The summed E-state index contributed by atoms with van der Waals surface area (Å²) in [4.78, 5) is 5.64. The molecule has 96 valence electrons. The van der Waals surface area contributed by atoms with Crippen molar-refractivity contribution < 1.29 is 0 Å². The Morgan fingerprint density at radius 3 is 3.06 bits per heavy atom. The van der Waals surface area contributed by atoms with Gasteiger partial charge in [0.25, 0.3) is 0 Å². The molecule has 1 aliphatic carbocycles. The summed E-state index contributed by atoms with van der Waals surface area (Å²) in [6, 6.07) is 9.59. The van der Waals surface area contributed by atoms with Crippen LogP contribution in [0.5, 0.6) is 0 Å². The zero-order chi connectivity index (χ0) is 12.4. The number of aromatic amines is 1. The lowest BCUT2D eigenvalue weighted by atomic mass is 10.1. The van der Waals surface area contributed by atoms with E-state index in [4.69, 9.17) is 0 Å². The van der Waals surface area contributed by atoms with Crippen molar-refractivity contribution in [2.75, 3.05) is 20.1 Å². The Morgan fingerprint density at radius 2 is 2.22 bits per heavy atom. The van der Waals surface area contributed by atoms with E-state index in [-0.39, 0.29) is 0 Å². The maximum Gasteiger partial charge on any atom is 0.0457 e. The molecule has 0 saturated heterocycles. The van der Waals surface area contributed by atoms with Crippen molar-refractivity contribution in [1.82, 2.24) is 15.2 Å². The highest BCUT2D eigenvalue weighted by atomic mass is 15.1. The number of rotatable bonds is 6. The summed E-state index contributed by atoms with van der Waals surface area (Å²) in [5, 5.41) is 4.84. The van der Waals surface area contributed by atoms with Gasteiger partial charge in [-0.15, -0.1) is 0 Å². The first-order chi connectivity index (χ1) is 8.81. The molecule has 0 bridgehead atoms. The molecule has 1 fully saturated rings. The number of hydrogen-bond acceptors (Lipinski definition) is 2. The van der Waals surface area contributed by atoms with E-state index >= 15 is 0 Å². The molecule has 1 aliphatic rings. The average Bonchev–Trinajstić information content (AvgIpc) is 3.06. The summed E-state index contributed by atoms with van der Waals surface area (Å²) in [5.41, 5.74) is 2.61. The number of nitrogens with zero attached hydrogens (tertiary/aromatic N) is 1. The normalized spacial score (nSPS) is 15.7. The van der Waals surface area contributed by atoms with Gasteiger partial charge in [-0.3, -0.25) is 0 Å². The van der Waals surface area contributed by atoms with Crippen molar-refractivity contribution in [2.45, 2.75) is 25.4 Å². The Balaban J connectivity index is 1.53. The van der Waals surface area contributed by atoms with Gasteiger partial charge in [-0.05, 0) is 43.0 Å². The minimum Gasteiger partial charge on any atom is -0.361 e. The molecule has 0 aliphatic heterocycles. The van der Waals surface area contributed by atoms with Gasteiger partial charge in [0.1, 0.15) is 0 Å². The van der Waals surface area contributed by atoms with Gasteiger partial charge in [-0.1, -0.05) is 12.1 Å². The molecular weight excluding hydrogens is 222 g/mol. The number of hydrogen-bond donors (Lipinski definition) is 2. The third-order valence-corrected chi connectivity index (χ3v) is 3.58. The van der Waals surface area contributed by atoms with Crippen LogP contribution in [0, 0.1) is 0 Å². The van der Waals surface area contributed by atoms with E-state index in [2.05, 4.69) is 46.5 Å². The Kier molecular flexibility index (Phi) is 3.35. The topological polar surface area (TPSA) is 31.1 Å². The first-order valence-corrected chi connectivity index (χ1v) is 6.79. The van der Waals surface area contributed by atoms with Gasteiger partial charge in [-0.2, -0.15) is 0 Å². The molecule has 1 aromatic carbocycles. The molecule has 3 nitrogen and oxygen atoms in total. The summed E-state index contributed by atoms with van der Waals surface area (Å²) in [5.74, 6) is 0. The van der Waals surface area contributed by atoms with Crippen molar-refractivity contribution in [3.63, 3.8) is 0 Å². The quantitative estimate of drug-likeness (QED) is 0.816. The SMILES string of the molecule is CN(CCNC1CC1)Cc1ccc2cc[nH]c2c1. The zero-order valence-corrected chi connectivity index (χ0v) is 10.9. The van der Waals surface area contributed by atoms with Crippen molar-refractivity contribution >= 4 is 10.9 Å². The van der Waals surface area contributed by atoms with E-state index in [1.807, 2.05) is 6.20 Å². The summed E-state index contributed by atoms with van der Waals surface area (Å²) < 4.78 is 0. The third kappa shape index (κ3) is 2.92. The molecule has 1 aromatic heterocycles. The molecule has 0 spiro atoms. The van der Waals surface area contributed by atoms with Gasteiger partial charge in [0, 0.05) is 37.4 Å². The molecule has 1 saturated carbocycles. The highest BCUT2D eigenvalue weighted by Gasteiger charge is 2.19. The number of likely N-dealkylation sites (N-methyl/N-ethyl adjacent to an activating group) is 1. The summed E-state index contributed by atoms with van der Waals surface area (Å²) >= 11 is 0. The van der Waals surface area contributed by atoms with Gasteiger partial charge >= 0.3 is 0 Å². The highest BCUT2D eigenvalue weighted by molar-refractivity contribution is 5.79. The molecule has 0 amide bonds. The summed E-state index contributed by atoms with van der Waals surface area (Å²) in [6.45, 7) is 3.23. The molecule has 1 heterocycles. The van der Waals surface area contributed by atoms with Crippen LogP contribution in [0.2, 0.25) is 0 Å². The highest BCUT2D eigenvalue weighted by Crippen LogP contribution is 2.18. The monoisotopic (exact) mass is 243 g/mol. The second-order valence-electron chi connectivity index (χ2n) is 5.37. The predicted molar refractivity (Wildman–Crippen MR) is 75.7 cm³/mol. The van der Waals surface area contributed by atoms with Gasteiger partial charge < -0.3 is 15.2 Å². The molecule has 0 radical (unpaired) electrons. The second kappa shape index (κ2) is 5.12. The smallest absolute Gasteiger partial charge is 0.0457 e. The molecule has 3 rings (SSSR count). The minimum atomic E-state index is 0.814. The van der Waals surface area contributed by atoms with Gasteiger partial charge in [-0.25, -0.2) is 0 Å². The van der Waals surface area contributed by atoms with E-state index in [1.165, 1.54) is 29.3 Å². The fraction of sp³-hybridized carbons (Fsp3) is 0.467. The van der Waals surface area contributed by atoms with Gasteiger partial charge in [0.15, 0.2) is 0 Å². The van der Waals surface area contributed by atoms with Crippen molar-refractivity contribution in [2.24, 2.45) is 0 Å². The second-order valence-corrected chi connectivity index (χ2v) is 5.37.